The Morgan fingerprint density at radius 2 is 2.36 bits per heavy atom. The van der Waals surface area contributed by atoms with Crippen LogP contribution < -0.4 is 0 Å². The molecular weight excluding hydrogens is 160 g/mol. The fourth-order valence-corrected chi connectivity index (χ4v) is 1.28. The number of allylic oxidation sites excluding steroid dienone is 1. The van der Waals surface area contributed by atoms with Crippen LogP contribution in [0.25, 0.3) is 0 Å². The van der Waals surface area contributed by atoms with Gasteiger partial charge in [0.1, 0.15) is 0 Å². The maximum absolute atomic E-state index is 9.15. The van der Waals surface area contributed by atoms with Crippen molar-refractivity contribution < 1.29 is 9.84 Å². The molecule has 11 heavy (non-hydrogen) atoms. The van der Waals surface area contributed by atoms with E-state index in [2.05, 4.69) is 13.5 Å². The van der Waals surface area contributed by atoms with Crippen LogP contribution >= 0.6 is 11.8 Å². The summed E-state index contributed by atoms with van der Waals surface area (Å²) in [6, 6.07) is 0. The molecule has 1 unspecified atom stereocenters. The van der Waals surface area contributed by atoms with Gasteiger partial charge in [-0.25, -0.2) is 0 Å². The first-order chi connectivity index (χ1) is 5.16. The third-order valence-corrected chi connectivity index (χ3v) is 1.98. The summed E-state index contributed by atoms with van der Waals surface area (Å²) in [5.41, 5.74) is 0. The van der Waals surface area contributed by atoms with Crippen molar-refractivity contribution in [2.24, 2.45) is 0 Å². The molecule has 0 saturated heterocycles. The third-order valence-electron chi connectivity index (χ3n) is 1.05. The number of ether oxygens (including phenoxy) is 1. The molecule has 0 aliphatic carbocycles. The second-order valence-corrected chi connectivity index (χ2v) is 3.65. The molecule has 3 heteroatoms. The molecule has 0 bridgehead atoms. The van der Waals surface area contributed by atoms with Crippen molar-refractivity contribution in [1.82, 2.24) is 0 Å². The average Bonchev–Trinajstić information content (AvgIpc) is 1.86. The van der Waals surface area contributed by atoms with E-state index in [1.807, 2.05) is 0 Å². The lowest BCUT2D eigenvalue weighted by Gasteiger charge is -2.11. The summed E-state index contributed by atoms with van der Waals surface area (Å²) in [5.74, 6) is 2.59. The fraction of sp³-hybridized carbons (Fsp3) is 0.750. The van der Waals surface area contributed by atoms with E-state index < -0.39 is 6.29 Å². The predicted octanol–water partition coefficient (Wildman–Crippen LogP) is 2.00. The Labute approximate surface area is 72.6 Å². The van der Waals surface area contributed by atoms with Crippen molar-refractivity contribution in [3.8, 4) is 0 Å². The first-order valence-electron chi connectivity index (χ1n) is 3.74. The van der Waals surface area contributed by atoms with Gasteiger partial charge < -0.3 is 9.84 Å². The second kappa shape index (κ2) is 6.55. The van der Waals surface area contributed by atoms with Gasteiger partial charge in [-0.15, -0.1) is 0 Å². The quantitative estimate of drug-likeness (QED) is 0.381. The molecule has 1 N–H and O–H groups in total. The maximum atomic E-state index is 9.15. The summed E-state index contributed by atoms with van der Waals surface area (Å²) < 4.78 is 4.94. The number of hydrogen-bond donors (Lipinski definition) is 1. The lowest BCUT2D eigenvalue weighted by Crippen LogP contribution is -2.11. The van der Waals surface area contributed by atoms with Gasteiger partial charge in [-0.05, 0) is 18.4 Å². The van der Waals surface area contributed by atoms with Crippen LogP contribution in [0.1, 0.15) is 20.3 Å². The van der Waals surface area contributed by atoms with E-state index in [0.29, 0.717) is 12.2 Å². The van der Waals surface area contributed by atoms with E-state index in [-0.39, 0.29) is 0 Å². The highest BCUT2D eigenvalue weighted by molar-refractivity contribution is 7.99. The topological polar surface area (TPSA) is 29.5 Å². The zero-order valence-corrected chi connectivity index (χ0v) is 7.99. The lowest BCUT2D eigenvalue weighted by atomic mass is 10.5. The van der Waals surface area contributed by atoms with Crippen molar-refractivity contribution in [2.45, 2.75) is 26.6 Å². The number of rotatable bonds is 6. The molecular formula is C8H16O2S. The Morgan fingerprint density at radius 1 is 1.73 bits per heavy atom. The summed E-state index contributed by atoms with van der Waals surface area (Å²) >= 11 is 1.79. The van der Waals surface area contributed by atoms with Gasteiger partial charge in [0.2, 0.25) is 0 Å². The summed E-state index contributed by atoms with van der Waals surface area (Å²) in [5, 5.41) is 9.15. The molecule has 66 valence electrons. The smallest absolute Gasteiger partial charge is 0.197 e. The molecule has 0 spiro atoms. The molecule has 0 radical (unpaired) electrons. The molecule has 0 heterocycles. The highest BCUT2D eigenvalue weighted by Gasteiger charge is 2.02. The van der Waals surface area contributed by atoms with Gasteiger partial charge in [-0.2, -0.15) is 11.8 Å². The largest absolute Gasteiger partial charge is 0.470 e. The summed E-state index contributed by atoms with van der Waals surface area (Å²) in [4.78, 5) is 0. The van der Waals surface area contributed by atoms with E-state index in [1.165, 1.54) is 0 Å². The number of thioether (sulfide) groups is 1. The van der Waals surface area contributed by atoms with Crippen LogP contribution in [0.4, 0.5) is 0 Å². The molecule has 0 amide bonds. The molecule has 0 fully saturated rings. The van der Waals surface area contributed by atoms with Gasteiger partial charge in [-0.3, -0.25) is 0 Å². The van der Waals surface area contributed by atoms with Crippen LogP contribution in [-0.4, -0.2) is 22.9 Å². The lowest BCUT2D eigenvalue weighted by molar-refractivity contribution is -0.0641. The van der Waals surface area contributed by atoms with Gasteiger partial charge in [0, 0.05) is 6.42 Å². The van der Waals surface area contributed by atoms with Gasteiger partial charge >= 0.3 is 0 Å². The minimum Gasteiger partial charge on any atom is -0.470 e. The van der Waals surface area contributed by atoms with Crippen LogP contribution in [0.3, 0.4) is 0 Å². The minimum absolute atomic E-state index is 0.569. The van der Waals surface area contributed by atoms with Gasteiger partial charge in [-0.1, -0.05) is 13.5 Å². The van der Waals surface area contributed by atoms with Crippen LogP contribution in [0, 0.1) is 0 Å². The van der Waals surface area contributed by atoms with E-state index in [9.17, 15) is 0 Å². The average molecular weight is 176 g/mol. The van der Waals surface area contributed by atoms with Crippen molar-refractivity contribution in [3.63, 3.8) is 0 Å². The van der Waals surface area contributed by atoms with Crippen LogP contribution in [0.15, 0.2) is 12.3 Å². The van der Waals surface area contributed by atoms with Crippen LogP contribution in [0.2, 0.25) is 0 Å². The Kier molecular flexibility index (Phi) is 6.46. The number of aliphatic hydroxyl groups is 1. The SMILES string of the molecule is C=C(C)OC(O)CCSCC. The van der Waals surface area contributed by atoms with Crippen molar-refractivity contribution in [3.05, 3.63) is 12.3 Å². The molecule has 0 saturated carbocycles. The maximum Gasteiger partial charge on any atom is 0.197 e. The number of hydrogen-bond acceptors (Lipinski definition) is 3. The second-order valence-electron chi connectivity index (χ2n) is 2.26. The zero-order valence-electron chi connectivity index (χ0n) is 7.17. The third kappa shape index (κ3) is 7.75. The highest BCUT2D eigenvalue weighted by Crippen LogP contribution is 2.06. The van der Waals surface area contributed by atoms with Crippen LogP contribution in [-0.2, 0) is 4.74 Å². The molecule has 0 aromatic rings. The minimum atomic E-state index is -0.674. The van der Waals surface area contributed by atoms with Crippen molar-refractivity contribution in [1.29, 1.82) is 0 Å². The molecule has 2 nitrogen and oxygen atoms in total. The highest BCUT2D eigenvalue weighted by atomic mass is 32.2. The standard InChI is InChI=1S/C8H16O2S/c1-4-11-6-5-8(9)10-7(2)3/h8-9H,2,4-6H2,1,3H3. The first kappa shape index (κ1) is 10.8. The predicted molar refractivity (Wildman–Crippen MR) is 49.5 cm³/mol. The first-order valence-corrected chi connectivity index (χ1v) is 4.90. The Morgan fingerprint density at radius 3 is 2.82 bits per heavy atom. The molecule has 0 rings (SSSR count). The Balaban J connectivity index is 3.22. The zero-order chi connectivity index (χ0) is 8.69. The summed E-state index contributed by atoms with van der Waals surface area (Å²) in [6.07, 6.45) is -0.00250. The Bertz CT molecular complexity index is 115. The van der Waals surface area contributed by atoms with Gasteiger partial charge in [0.15, 0.2) is 6.29 Å². The van der Waals surface area contributed by atoms with E-state index in [4.69, 9.17) is 9.84 Å². The summed E-state index contributed by atoms with van der Waals surface area (Å²) in [6.45, 7) is 7.36. The summed E-state index contributed by atoms with van der Waals surface area (Å²) in [7, 11) is 0. The molecule has 0 aromatic heterocycles. The van der Waals surface area contributed by atoms with Gasteiger partial charge in [0.05, 0.1) is 5.76 Å². The monoisotopic (exact) mass is 176 g/mol. The van der Waals surface area contributed by atoms with E-state index in [0.717, 1.165) is 11.5 Å². The normalized spacial score (nSPS) is 12.6. The van der Waals surface area contributed by atoms with Gasteiger partial charge in [0.25, 0.3) is 0 Å². The molecule has 0 aliphatic heterocycles. The van der Waals surface area contributed by atoms with E-state index >= 15 is 0 Å². The fourth-order valence-electron chi connectivity index (χ4n) is 0.620. The van der Waals surface area contributed by atoms with E-state index in [1.54, 1.807) is 18.7 Å². The Hall–Kier alpha value is -0.150. The molecule has 1 atom stereocenters. The molecule has 0 aromatic carbocycles. The van der Waals surface area contributed by atoms with Crippen molar-refractivity contribution >= 4 is 11.8 Å². The van der Waals surface area contributed by atoms with Crippen molar-refractivity contribution in [2.75, 3.05) is 11.5 Å². The molecule has 0 aliphatic rings. The van der Waals surface area contributed by atoms with Crippen LogP contribution in [0.5, 0.6) is 0 Å². The number of aliphatic hydroxyl groups excluding tert-OH is 1.